The lowest BCUT2D eigenvalue weighted by Gasteiger charge is -2.23. The number of rotatable bonds is 0. The first-order chi connectivity index (χ1) is 11.6. The van der Waals surface area contributed by atoms with Crippen molar-refractivity contribution in [1.82, 2.24) is 0 Å². The van der Waals surface area contributed by atoms with Gasteiger partial charge in [0.1, 0.15) is 0 Å². The fourth-order valence-corrected chi connectivity index (χ4v) is 3.42. The van der Waals surface area contributed by atoms with Crippen LogP contribution >= 0.6 is 0 Å². The summed E-state index contributed by atoms with van der Waals surface area (Å²) < 4.78 is 0. The normalized spacial score (nSPS) is 19.4. The van der Waals surface area contributed by atoms with E-state index in [2.05, 4.69) is 0 Å². The van der Waals surface area contributed by atoms with Gasteiger partial charge in [0.05, 0.1) is 0 Å². The Bertz CT molecular complexity index is 919. The van der Waals surface area contributed by atoms with Crippen molar-refractivity contribution in [2.24, 2.45) is 0 Å². The highest BCUT2D eigenvalue weighted by atomic mass is 16.1. The number of fused-ring (bicyclic) bond motifs is 2. The second-order valence-corrected chi connectivity index (χ2v) is 6.23. The summed E-state index contributed by atoms with van der Waals surface area (Å²) in [4.78, 5) is 24.9. The molecule has 0 unspecified atom stereocenters. The molecule has 0 atom stereocenters. The molecular formula is C22H16O2. The van der Waals surface area contributed by atoms with Crippen molar-refractivity contribution in [2.75, 3.05) is 0 Å². The Labute approximate surface area is 140 Å². The molecule has 2 aromatic rings. The third-order valence-electron chi connectivity index (χ3n) is 4.65. The lowest BCUT2D eigenvalue weighted by molar-refractivity contribution is 0.102. The summed E-state index contributed by atoms with van der Waals surface area (Å²) in [6, 6.07) is 15.3. The molecule has 0 radical (unpaired) electrons. The molecule has 0 fully saturated rings. The summed E-state index contributed by atoms with van der Waals surface area (Å²) in [5, 5.41) is 0. The van der Waals surface area contributed by atoms with E-state index in [9.17, 15) is 9.59 Å². The predicted molar refractivity (Wildman–Crippen MR) is 95.9 cm³/mol. The maximum absolute atomic E-state index is 12.4. The molecule has 4 rings (SSSR count). The lowest BCUT2D eigenvalue weighted by Crippen LogP contribution is -2.13. The number of carbonyl (C=O) groups is 2. The Balaban J connectivity index is 2.10. The summed E-state index contributed by atoms with van der Waals surface area (Å²) >= 11 is 0. The van der Waals surface area contributed by atoms with Gasteiger partial charge in [0, 0.05) is 11.1 Å². The molecule has 24 heavy (non-hydrogen) atoms. The molecule has 0 aromatic heterocycles. The summed E-state index contributed by atoms with van der Waals surface area (Å²) in [5.74, 6) is 0.131. The van der Waals surface area contributed by atoms with Crippen LogP contribution in [-0.2, 0) is 0 Å². The number of hydrogen-bond donors (Lipinski definition) is 0. The second kappa shape index (κ2) is 5.27. The van der Waals surface area contributed by atoms with Crippen LogP contribution in [0.15, 0.2) is 71.8 Å². The summed E-state index contributed by atoms with van der Waals surface area (Å²) in [6.07, 6.45) is 3.88. The molecule has 2 aliphatic carbocycles. The van der Waals surface area contributed by atoms with Gasteiger partial charge in [0.25, 0.3) is 0 Å². The number of ketones is 2. The minimum Gasteiger partial charge on any atom is -0.289 e. The Morgan fingerprint density at radius 1 is 0.542 bits per heavy atom. The molecule has 2 aliphatic rings. The number of hydrogen-bond acceptors (Lipinski definition) is 2. The van der Waals surface area contributed by atoms with Gasteiger partial charge in [-0.2, -0.15) is 0 Å². The molecule has 2 nitrogen and oxygen atoms in total. The van der Waals surface area contributed by atoms with Crippen molar-refractivity contribution in [3.8, 4) is 0 Å². The molecule has 0 heterocycles. The first-order valence-electron chi connectivity index (χ1n) is 7.97. The lowest BCUT2D eigenvalue weighted by atomic mass is 9.79. The van der Waals surface area contributed by atoms with Gasteiger partial charge in [-0.1, -0.05) is 48.5 Å². The number of allylic oxidation sites excluding steroid dienone is 6. The fraction of sp³-hybridized carbons (Fsp3) is 0.0909. The van der Waals surface area contributed by atoms with Crippen LogP contribution in [0.2, 0.25) is 0 Å². The monoisotopic (exact) mass is 312 g/mol. The molecular weight excluding hydrogens is 296 g/mol. The van der Waals surface area contributed by atoms with Crippen molar-refractivity contribution in [3.05, 3.63) is 94.1 Å². The van der Waals surface area contributed by atoms with Crippen molar-refractivity contribution in [1.29, 1.82) is 0 Å². The zero-order chi connectivity index (χ0) is 16.8. The highest BCUT2D eigenvalue weighted by Crippen LogP contribution is 2.39. The molecule has 2 aromatic carbocycles. The van der Waals surface area contributed by atoms with E-state index in [1.165, 1.54) is 0 Å². The zero-order valence-corrected chi connectivity index (χ0v) is 13.6. The Morgan fingerprint density at radius 3 is 1.25 bits per heavy atom. The first kappa shape index (κ1) is 14.6. The smallest absolute Gasteiger partial charge is 0.189 e. The topological polar surface area (TPSA) is 34.1 Å². The molecule has 0 bridgehead atoms. The van der Waals surface area contributed by atoms with Crippen molar-refractivity contribution in [2.45, 2.75) is 13.8 Å². The zero-order valence-electron chi connectivity index (χ0n) is 13.6. The maximum atomic E-state index is 12.4. The molecule has 0 amide bonds. The molecule has 0 saturated carbocycles. The van der Waals surface area contributed by atoms with Crippen LogP contribution in [0.3, 0.4) is 0 Å². The largest absolute Gasteiger partial charge is 0.289 e. The van der Waals surface area contributed by atoms with Gasteiger partial charge in [0.15, 0.2) is 11.6 Å². The maximum Gasteiger partial charge on any atom is 0.189 e. The second-order valence-electron chi connectivity index (χ2n) is 6.23. The quantitative estimate of drug-likeness (QED) is 0.694. The van der Waals surface area contributed by atoms with Gasteiger partial charge >= 0.3 is 0 Å². The van der Waals surface area contributed by atoms with Crippen LogP contribution in [-0.4, -0.2) is 11.6 Å². The Morgan fingerprint density at radius 2 is 0.875 bits per heavy atom. The average molecular weight is 312 g/mol. The van der Waals surface area contributed by atoms with Crippen LogP contribution in [0.25, 0.3) is 11.1 Å². The van der Waals surface area contributed by atoms with Gasteiger partial charge in [-0.15, -0.1) is 0 Å². The fourth-order valence-electron chi connectivity index (χ4n) is 3.42. The van der Waals surface area contributed by atoms with E-state index in [4.69, 9.17) is 0 Å². The van der Waals surface area contributed by atoms with E-state index in [0.717, 1.165) is 44.5 Å². The van der Waals surface area contributed by atoms with Crippen LogP contribution in [0, 0.1) is 0 Å². The summed E-state index contributed by atoms with van der Waals surface area (Å²) in [6.45, 7) is 3.69. The SMILES string of the molecule is CC1=C/C(=C2\C=C(C)C(=O)c3ccccc32)c2ccccc2C1=O. The van der Waals surface area contributed by atoms with Crippen molar-refractivity contribution >= 4 is 22.7 Å². The van der Waals surface area contributed by atoms with E-state index in [0.29, 0.717) is 0 Å². The third-order valence-corrected chi connectivity index (χ3v) is 4.65. The van der Waals surface area contributed by atoms with Crippen LogP contribution < -0.4 is 0 Å². The Hall–Kier alpha value is -3.00. The van der Waals surface area contributed by atoms with Gasteiger partial charge in [-0.05, 0) is 59.4 Å². The summed E-state index contributed by atoms with van der Waals surface area (Å²) in [5.41, 5.74) is 6.74. The van der Waals surface area contributed by atoms with Crippen LogP contribution in [0.1, 0.15) is 45.7 Å². The van der Waals surface area contributed by atoms with E-state index in [1.54, 1.807) is 0 Å². The molecule has 0 aliphatic heterocycles. The minimum absolute atomic E-state index is 0.0656. The van der Waals surface area contributed by atoms with E-state index in [1.807, 2.05) is 74.5 Å². The molecule has 0 saturated heterocycles. The third kappa shape index (κ3) is 2.04. The highest BCUT2D eigenvalue weighted by Gasteiger charge is 2.26. The number of carbonyl (C=O) groups excluding carboxylic acids is 2. The number of benzene rings is 2. The number of Topliss-reactive ketones (excluding diaryl/α,β-unsaturated/α-hetero) is 2. The van der Waals surface area contributed by atoms with Crippen molar-refractivity contribution in [3.63, 3.8) is 0 Å². The van der Waals surface area contributed by atoms with E-state index >= 15 is 0 Å². The standard InChI is InChI=1S/C22H16O2/c1-13-11-19(15-7-3-5-9-17(15)21(13)23)20-12-14(2)22(24)18-10-6-4-8-16(18)20/h3-12H,1-2H3/b20-19-. The van der Waals surface area contributed by atoms with Gasteiger partial charge in [-0.3, -0.25) is 9.59 Å². The predicted octanol–water partition coefficient (Wildman–Crippen LogP) is 4.88. The van der Waals surface area contributed by atoms with Gasteiger partial charge in [0.2, 0.25) is 0 Å². The van der Waals surface area contributed by atoms with Gasteiger partial charge < -0.3 is 0 Å². The van der Waals surface area contributed by atoms with Crippen LogP contribution in [0.4, 0.5) is 0 Å². The Kier molecular flexibility index (Phi) is 3.20. The average Bonchev–Trinajstić information content (AvgIpc) is 2.61. The first-order valence-corrected chi connectivity index (χ1v) is 7.97. The van der Waals surface area contributed by atoms with Crippen LogP contribution in [0.5, 0.6) is 0 Å². The molecule has 116 valence electrons. The molecule has 2 heteroatoms. The summed E-state index contributed by atoms with van der Waals surface area (Å²) in [7, 11) is 0. The highest BCUT2D eigenvalue weighted by molar-refractivity contribution is 6.23. The van der Waals surface area contributed by atoms with E-state index in [-0.39, 0.29) is 11.6 Å². The van der Waals surface area contributed by atoms with Gasteiger partial charge in [-0.25, -0.2) is 0 Å². The van der Waals surface area contributed by atoms with E-state index < -0.39 is 0 Å². The van der Waals surface area contributed by atoms with Crippen molar-refractivity contribution < 1.29 is 9.59 Å². The molecule has 0 N–H and O–H groups in total. The molecule has 0 spiro atoms. The minimum atomic E-state index is 0.0656.